The number of hydrogen-bond acceptors (Lipinski definition) is 4. The van der Waals surface area contributed by atoms with Gasteiger partial charge >= 0.3 is 0 Å². The van der Waals surface area contributed by atoms with E-state index in [1.165, 1.54) is 0 Å². The first kappa shape index (κ1) is 15.7. The topological polar surface area (TPSA) is 61.4 Å². The highest BCUT2D eigenvalue weighted by atomic mass is 32.2. The van der Waals surface area contributed by atoms with Gasteiger partial charge < -0.3 is 15.2 Å². The molecule has 0 saturated carbocycles. The molecular weight excluding hydrogens is 284 g/mol. The zero-order valence-corrected chi connectivity index (χ0v) is 12.9. The molecule has 0 bridgehead atoms. The lowest BCUT2D eigenvalue weighted by Crippen LogP contribution is -2.28. The molecule has 0 aliphatic heterocycles. The van der Waals surface area contributed by atoms with Crippen molar-refractivity contribution in [3.05, 3.63) is 36.4 Å². The summed E-state index contributed by atoms with van der Waals surface area (Å²) in [6.45, 7) is 3.26. The maximum atomic E-state index is 11.4. The summed E-state index contributed by atoms with van der Waals surface area (Å²) >= 11 is 0.760. The Hall–Kier alpha value is -1.72. The Kier molecular flexibility index (Phi) is 5.90. The minimum absolute atomic E-state index is 0.0937. The van der Waals surface area contributed by atoms with Gasteiger partial charge in [0.2, 0.25) is 5.91 Å². The lowest BCUT2D eigenvalue weighted by Gasteiger charge is -2.11. The normalized spacial score (nSPS) is 10.6. The molecule has 0 aromatic heterocycles. The highest BCUT2D eigenvalue weighted by molar-refractivity contribution is 7.94. The monoisotopic (exact) mass is 304 g/mol. The molecule has 112 valence electrons. The van der Waals surface area contributed by atoms with Gasteiger partial charge in [-0.25, -0.2) is 0 Å². The second-order valence-corrected chi connectivity index (χ2v) is 5.40. The van der Waals surface area contributed by atoms with Gasteiger partial charge in [0.15, 0.2) is 0 Å². The van der Waals surface area contributed by atoms with E-state index in [-0.39, 0.29) is 5.91 Å². The van der Waals surface area contributed by atoms with Crippen LogP contribution < -0.4 is 10.6 Å². The smallest absolute Gasteiger partial charge is 0.220 e. The molecule has 1 amide bonds. The first-order valence-corrected chi connectivity index (χ1v) is 7.87. The van der Waals surface area contributed by atoms with Gasteiger partial charge in [-0.2, -0.15) is 0 Å². The number of carbonyl (C=O) groups is 1. The predicted molar refractivity (Wildman–Crippen MR) is 88.8 cm³/mol. The summed E-state index contributed by atoms with van der Waals surface area (Å²) in [5, 5.41) is 8.29. The molecule has 5 heteroatoms. The summed E-state index contributed by atoms with van der Waals surface area (Å²) in [6.07, 6.45) is 1.44. The molecule has 0 unspecified atom stereocenters. The maximum Gasteiger partial charge on any atom is 0.220 e. The number of benzene rings is 2. The third kappa shape index (κ3) is 4.12. The molecule has 3 N–H and O–H groups in total. The average molecular weight is 304 g/mol. The zero-order valence-electron chi connectivity index (χ0n) is 12.1. The third-order valence-corrected chi connectivity index (χ3v) is 3.77. The van der Waals surface area contributed by atoms with Gasteiger partial charge in [0.05, 0.1) is 0 Å². The van der Waals surface area contributed by atoms with Crippen LogP contribution in [-0.4, -0.2) is 23.5 Å². The van der Waals surface area contributed by atoms with Gasteiger partial charge in [-0.15, -0.1) is 0 Å². The van der Waals surface area contributed by atoms with Crippen molar-refractivity contribution < 1.29 is 9.35 Å². The van der Waals surface area contributed by atoms with Gasteiger partial charge in [0, 0.05) is 47.5 Å². The number of rotatable bonds is 7. The van der Waals surface area contributed by atoms with Crippen molar-refractivity contribution in [1.29, 1.82) is 0 Å². The van der Waals surface area contributed by atoms with Crippen LogP contribution in [0.15, 0.2) is 41.3 Å². The Morgan fingerprint density at radius 2 is 1.90 bits per heavy atom. The van der Waals surface area contributed by atoms with Crippen molar-refractivity contribution in [3.8, 4) is 0 Å². The van der Waals surface area contributed by atoms with E-state index in [4.69, 9.17) is 0 Å². The van der Waals surface area contributed by atoms with E-state index < -0.39 is 0 Å². The van der Waals surface area contributed by atoms with E-state index in [2.05, 4.69) is 10.6 Å². The number of hydrogen-bond donors (Lipinski definition) is 3. The molecule has 0 heterocycles. The molecule has 0 aliphatic rings. The number of carbonyl (C=O) groups excluding carboxylic acids is 1. The van der Waals surface area contributed by atoms with Gasteiger partial charge in [-0.05, 0) is 23.9 Å². The van der Waals surface area contributed by atoms with Crippen LogP contribution in [0.3, 0.4) is 0 Å². The predicted octanol–water partition coefficient (Wildman–Crippen LogP) is 3.73. The Morgan fingerprint density at radius 1 is 1.14 bits per heavy atom. The van der Waals surface area contributed by atoms with Crippen molar-refractivity contribution in [2.45, 2.75) is 24.7 Å². The Balaban J connectivity index is 2.01. The molecule has 4 nitrogen and oxygen atoms in total. The van der Waals surface area contributed by atoms with E-state index in [0.29, 0.717) is 19.5 Å². The molecule has 2 aromatic carbocycles. The van der Waals surface area contributed by atoms with Crippen LogP contribution in [0, 0.1) is 0 Å². The van der Waals surface area contributed by atoms with Crippen molar-refractivity contribution in [2.24, 2.45) is 0 Å². The molecule has 2 rings (SSSR count). The van der Waals surface area contributed by atoms with Gasteiger partial charge in [-0.1, -0.05) is 31.2 Å². The minimum Gasteiger partial charge on any atom is -0.383 e. The van der Waals surface area contributed by atoms with Crippen molar-refractivity contribution >= 4 is 34.4 Å². The van der Waals surface area contributed by atoms with Crippen LogP contribution in [-0.2, 0) is 4.79 Å². The van der Waals surface area contributed by atoms with Gasteiger partial charge in [0.25, 0.3) is 0 Å². The van der Waals surface area contributed by atoms with Crippen LogP contribution in [0.5, 0.6) is 0 Å². The average Bonchev–Trinajstić information content (AvgIpc) is 2.51. The third-order valence-electron chi connectivity index (χ3n) is 3.22. The van der Waals surface area contributed by atoms with E-state index >= 15 is 0 Å². The standard InChI is InChI=1S/C16H20N2O2S/c1-2-5-16(19)18-11-10-17-14-8-3-7-13-12(14)6-4-9-15(13)21-20/h3-4,6-9,17,20H,2,5,10-11H2,1H3,(H,18,19). The summed E-state index contributed by atoms with van der Waals surface area (Å²) in [5.41, 5.74) is 1.01. The summed E-state index contributed by atoms with van der Waals surface area (Å²) < 4.78 is 9.30. The molecule has 21 heavy (non-hydrogen) atoms. The fraction of sp³-hybridized carbons (Fsp3) is 0.312. The Bertz CT molecular complexity index is 616. The maximum absolute atomic E-state index is 11.4. The minimum atomic E-state index is 0.0937. The molecule has 0 spiro atoms. The van der Waals surface area contributed by atoms with Crippen molar-refractivity contribution in [1.82, 2.24) is 5.32 Å². The fourth-order valence-corrected chi connectivity index (χ4v) is 2.65. The van der Waals surface area contributed by atoms with Crippen molar-refractivity contribution in [2.75, 3.05) is 18.4 Å². The van der Waals surface area contributed by atoms with Crippen LogP contribution in [0.25, 0.3) is 10.8 Å². The number of anilines is 1. The van der Waals surface area contributed by atoms with Crippen LogP contribution >= 0.6 is 12.0 Å². The molecule has 0 fully saturated rings. The molecule has 0 saturated heterocycles. The first-order chi connectivity index (χ1) is 10.3. The van der Waals surface area contributed by atoms with Crippen molar-refractivity contribution in [3.63, 3.8) is 0 Å². The Labute approximate surface area is 129 Å². The largest absolute Gasteiger partial charge is 0.383 e. The summed E-state index contributed by atoms with van der Waals surface area (Å²) in [6, 6.07) is 11.8. The van der Waals surface area contributed by atoms with Crippen LogP contribution in [0.4, 0.5) is 5.69 Å². The van der Waals surface area contributed by atoms with E-state index in [9.17, 15) is 9.35 Å². The molecule has 0 radical (unpaired) electrons. The van der Waals surface area contributed by atoms with Crippen LogP contribution in [0.2, 0.25) is 0 Å². The van der Waals surface area contributed by atoms with E-state index in [0.717, 1.165) is 39.8 Å². The zero-order chi connectivity index (χ0) is 15.1. The number of amides is 1. The highest BCUT2D eigenvalue weighted by Gasteiger charge is 2.05. The summed E-state index contributed by atoms with van der Waals surface area (Å²) in [7, 11) is 0. The van der Waals surface area contributed by atoms with E-state index in [1.807, 2.05) is 43.3 Å². The van der Waals surface area contributed by atoms with Gasteiger partial charge in [0.1, 0.15) is 0 Å². The SMILES string of the molecule is CCCC(=O)NCCNc1cccc2c(SO)cccc12. The lowest BCUT2D eigenvalue weighted by molar-refractivity contribution is -0.121. The molecule has 0 atom stereocenters. The van der Waals surface area contributed by atoms with E-state index in [1.54, 1.807) is 0 Å². The number of fused-ring (bicyclic) bond motifs is 1. The van der Waals surface area contributed by atoms with Crippen LogP contribution in [0.1, 0.15) is 19.8 Å². The van der Waals surface area contributed by atoms with Gasteiger partial charge in [-0.3, -0.25) is 4.79 Å². The lowest BCUT2D eigenvalue weighted by atomic mass is 10.1. The molecular formula is C16H20N2O2S. The summed E-state index contributed by atoms with van der Waals surface area (Å²) in [4.78, 5) is 12.2. The fourth-order valence-electron chi connectivity index (χ4n) is 2.23. The summed E-state index contributed by atoms with van der Waals surface area (Å²) in [5.74, 6) is 0.0937. The molecule has 0 aliphatic carbocycles. The second kappa shape index (κ2) is 7.90. The molecule has 2 aromatic rings. The quantitative estimate of drug-likeness (QED) is 0.539. The highest BCUT2D eigenvalue weighted by Crippen LogP contribution is 2.30. The second-order valence-electron chi connectivity index (χ2n) is 4.77. The first-order valence-electron chi connectivity index (χ1n) is 7.10. The number of nitrogens with one attached hydrogen (secondary N) is 2. The Morgan fingerprint density at radius 3 is 2.67 bits per heavy atom.